The van der Waals surface area contributed by atoms with Crippen LogP contribution >= 0.6 is 0 Å². The van der Waals surface area contributed by atoms with Crippen LogP contribution < -0.4 is 0 Å². The highest BCUT2D eigenvalue weighted by Gasteiger charge is 2.38. The second-order valence-electron chi connectivity index (χ2n) is 7.59. The van der Waals surface area contributed by atoms with Crippen LogP contribution in [0.4, 0.5) is 0 Å². The average molecular weight is 271 g/mol. The number of nitrogens with zero attached hydrogens (tertiary/aromatic N) is 1. The molecule has 0 aromatic heterocycles. The fraction of sp³-hybridized carbons (Fsp3) is 0.684. The summed E-state index contributed by atoms with van der Waals surface area (Å²) in [6.45, 7) is 7.57. The summed E-state index contributed by atoms with van der Waals surface area (Å²) in [6, 6.07) is 12.0. The summed E-state index contributed by atoms with van der Waals surface area (Å²) in [4.78, 5) is 2.81. The lowest BCUT2D eigenvalue weighted by Gasteiger charge is -2.47. The Bertz CT molecular complexity index is 417. The zero-order valence-corrected chi connectivity index (χ0v) is 13.1. The molecule has 110 valence electrons. The fourth-order valence-corrected chi connectivity index (χ4v) is 4.27. The van der Waals surface area contributed by atoms with Crippen molar-refractivity contribution < 1.29 is 0 Å². The third kappa shape index (κ3) is 3.09. The summed E-state index contributed by atoms with van der Waals surface area (Å²) in [5, 5.41) is 0. The van der Waals surface area contributed by atoms with Crippen molar-refractivity contribution >= 4 is 0 Å². The SMILES string of the molecule is CC1(C)CCC(c2ccccc2)C(N2CCCCC2)C1. The van der Waals surface area contributed by atoms with Gasteiger partial charge in [-0.3, -0.25) is 4.90 Å². The zero-order chi connectivity index (χ0) is 14.0. The van der Waals surface area contributed by atoms with Gasteiger partial charge in [-0.2, -0.15) is 0 Å². The minimum absolute atomic E-state index is 0.521. The van der Waals surface area contributed by atoms with E-state index < -0.39 is 0 Å². The average Bonchev–Trinajstić information content (AvgIpc) is 2.48. The van der Waals surface area contributed by atoms with Crippen molar-refractivity contribution in [2.75, 3.05) is 13.1 Å². The number of likely N-dealkylation sites (tertiary alicyclic amines) is 1. The summed E-state index contributed by atoms with van der Waals surface area (Å²) in [5.41, 5.74) is 2.09. The molecule has 0 N–H and O–H groups in total. The van der Waals surface area contributed by atoms with Crippen LogP contribution in [0.2, 0.25) is 0 Å². The smallest absolute Gasteiger partial charge is 0.0169 e. The van der Waals surface area contributed by atoms with Crippen LogP contribution in [0.5, 0.6) is 0 Å². The second-order valence-corrected chi connectivity index (χ2v) is 7.59. The first-order valence-electron chi connectivity index (χ1n) is 8.45. The number of hydrogen-bond donors (Lipinski definition) is 0. The molecule has 3 rings (SSSR count). The molecule has 0 radical (unpaired) electrons. The fourth-order valence-electron chi connectivity index (χ4n) is 4.27. The maximum Gasteiger partial charge on any atom is 0.0169 e. The van der Waals surface area contributed by atoms with Gasteiger partial charge in [0.15, 0.2) is 0 Å². The van der Waals surface area contributed by atoms with E-state index >= 15 is 0 Å². The van der Waals surface area contributed by atoms with Gasteiger partial charge in [0.25, 0.3) is 0 Å². The van der Waals surface area contributed by atoms with E-state index in [0.717, 1.165) is 12.0 Å². The van der Waals surface area contributed by atoms with Crippen LogP contribution in [0.3, 0.4) is 0 Å². The summed E-state index contributed by atoms with van der Waals surface area (Å²) >= 11 is 0. The van der Waals surface area contributed by atoms with Crippen LogP contribution in [-0.2, 0) is 0 Å². The molecule has 2 atom stereocenters. The van der Waals surface area contributed by atoms with Gasteiger partial charge in [0, 0.05) is 6.04 Å². The lowest BCUT2D eigenvalue weighted by molar-refractivity contribution is 0.0623. The summed E-state index contributed by atoms with van der Waals surface area (Å²) in [7, 11) is 0. The van der Waals surface area contributed by atoms with Crippen LogP contribution in [0.15, 0.2) is 30.3 Å². The van der Waals surface area contributed by atoms with Crippen molar-refractivity contribution in [3.8, 4) is 0 Å². The number of benzene rings is 1. The Morgan fingerprint density at radius 3 is 2.40 bits per heavy atom. The van der Waals surface area contributed by atoms with Gasteiger partial charge in [-0.15, -0.1) is 0 Å². The Morgan fingerprint density at radius 2 is 1.70 bits per heavy atom. The van der Waals surface area contributed by atoms with Crippen molar-refractivity contribution in [3.05, 3.63) is 35.9 Å². The van der Waals surface area contributed by atoms with E-state index in [4.69, 9.17) is 0 Å². The molecule has 1 aromatic rings. The molecule has 1 nitrogen and oxygen atoms in total. The highest BCUT2D eigenvalue weighted by atomic mass is 15.2. The Labute approximate surface area is 124 Å². The third-order valence-electron chi connectivity index (χ3n) is 5.45. The van der Waals surface area contributed by atoms with E-state index in [2.05, 4.69) is 49.1 Å². The van der Waals surface area contributed by atoms with E-state index in [0.29, 0.717) is 5.41 Å². The molecule has 0 amide bonds. The molecule has 1 heterocycles. The predicted octanol–water partition coefficient (Wildman–Crippen LogP) is 4.83. The zero-order valence-electron chi connectivity index (χ0n) is 13.1. The van der Waals surface area contributed by atoms with Crippen LogP contribution in [0, 0.1) is 5.41 Å². The van der Waals surface area contributed by atoms with Gasteiger partial charge in [0.1, 0.15) is 0 Å². The molecule has 2 aliphatic rings. The summed E-state index contributed by atoms with van der Waals surface area (Å²) in [5.74, 6) is 0.752. The number of piperidine rings is 1. The van der Waals surface area contributed by atoms with E-state index in [9.17, 15) is 0 Å². The molecule has 1 aliphatic carbocycles. The number of rotatable bonds is 2. The molecular formula is C19H29N. The van der Waals surface area contributed by atoms with Crippen LogP contribution in [0.1, 0.15) is 63.9 Å². The Hall–Kier alpha value is -0.820. The molecule has 1 saturated heterocycles. The van der Waals surface area contributed by atoms with Crippen molar-refractivity contribution in [2.45, 2.75) is 64.3 Å². The topological polar surface area (TPSA) is 3.24 Å². The Morgan fingerprint density at radius 1 is 1.00 bits per heavy atom. The molecule has 1 heteroatoms. The molecule has 0 spiro atoms. The number of hydrogen-bond acceptors (Lipinski definition) is 1. The largest absolute Gasteiger partial charge is 0.300 e. The third-order valence-corrected chi connectivity index (χ3v) is 5.45. The first-order valence-corrected chi connectivity index (χ1v) is 8.45. The molecule has 1 aromatic carbocycles. The summed E-state index contributed by atoms with van der Waals surface area (Å²) < 4.78 is 0. The Kier molecular flexibility index (Phi) is 4.16. The maximum absolute atomic E-state index is 2.81. The van der Waals surface area contributed by atoms with Crippen molar-refractivity contribution in [1.82, 2.24) is 4.90 Å². The maximum atomic E-state index is 2.81. The van der Waals surface area contributed by atoms with E-state index in [-0.39, 0.29) is 0 Å². The van der Waals surface area contributed by atoms with Crippen LogP contribution in [0.25, 0.3) is 0 Å². The first-order chi connectivity index (χ1) is 9.66. The highest BCUT2D eigenvalue weighted by Crippen LogP contribution is 2.45. The molecule has 0 bridgehead atoms. The molecule has 2 unspecified atom stereocenters. The molecule has 1 aliphatic heterocycles. The van der Waals surface area contributed by atoms with Gasteiger partial charge in [-0.25, -0.2) is 0 Å². The first kappa shape index (κ1) is 14.1. The lowest BCUT2D eigenvalue weighted by Crippen LogP contribution is -2.47. The van der Waals surface area contributed by atoms with Gasteiger partial charge < -0.3 is 0 Å². The van der Waals surface area contributed by atoms with Crippen molar-refractivity contribution in [3.63, 3.8) is 0 Å². The molecular weight excluding hydrogens is 242 g/mol. The molecule has 2 fully saturated rings. The molecule has 1 saturated carbocycles. The standard InChI is InChI=1S/C19H29N/c1-19(2)12-11-17(16-9-5-3-6-10-16)18(15-19)20-13-7-4-8-14-20/h3,5-6,9-10,17-18H,4,7-8,11-15H2,1-2H3. The van der Waals surface area contributed by atoms with Gasteiger partial charge in [0.05, 0.1) is 0 Å². The van der Waals surface area contributed by atoms with E-state index in [1.807, 2.05) is 0 Å². The minimum atomic E-state index is 0.521. The van der Waals surface area contributed by atoms with Gasteiger partial charge >= 0.3 is 0 Å². The van der Waals surface area contributed by atoms with Gasteiger partial charge in [-0.05, 0) is 62.1 Å². The second kappa shape index (κ2) is 5.89. The van der Waals surface area contributed by atoms with E-state index in [1.54, 1.807) is 5.56 Å². The quantitative estimate of drug-likeness (QED) is 0.744. The van der Waals surface area contributed by atoms with Gasteiger partial charge in [0.2, 0.25) is 0 Å². The molecule has 20 heavy (non-hydrogen) atoms. The van der Waals surface area contributed by atoms with Gasteiger partial charge in [-0.1, -0.05) is 50.6 Å². The monoisotopic (exact) mass is 271 g/mol. The summed E-state index contributed by atoms with van der Waals surface area (Å²) in [6.07, 6.45) is 8.33. The van der Waals surface area contributed by atoms with Crippen molar-refractivity contribution in [1.29, 1.82) is 0 Å². The predicted molar refractivity (Wildman–Crippen MR) is 86.0 cm³/mol. The van der Waals surface area contributed by atoms with E-state index in [1.165, 1.54) is 51.6 Å². The van der Waals surface area contributed by atoms with Crippen molar-refractivity contribution in [2.24, 2.45) is 5.41 Å². The highest BCUT2D eigenvalue weighted by molar-refractivity contribution is 5.22. The van der Waals surface area contributed by atoms with Crippen LogP contribution in [-0.4, -0.2) is 24.0 Å². The Balaban J connectivity index is 1.83. The lowest BCUT2D eigenvalue weighted by atomic mass is 9.67. The minimum Gasteiger partial charge on any atom is -0.300 e. The normalized spacial score (nSPS) is 31.1.